The Morgan fingerprint density at radius 1 is 1.14 bits per heavy atom. The summed E-state index contributed by atoms with van der Waals surface area (Å²) in [6, 6.07) is 7.36. The molecule has 8 heteroatoms. The molecule has 0 aliphatic carbocycles. The van der Waals surface area contributed by atoms with Crippen LogP contribution in [-0.4, -0.2) is 36.0 Å². The normalized spacial score (nSPS) is 15.8. The van der Waals surface area contributed by atoms with E-state index >= 15 is 0 Å². The first kappa shape index (κ1) is 19.1. The SMILES string of the molecule is COc1cc(/C=C2\C(=O)NC(=O)N(c3cccnc3)C2=O)ccc1OC(C)C. The predicted molar refractivity (Wildman–Crippen MR) is 102 cm³/mol. The summed E-state index contributed by atoms with van der Waals surface area (Å²) in [5.74, 6) is -0.488. The van der Waals surface area contributed by atoms with E-state index in [1.807, 2.05) is 13.8 Å². The summed E-state index contributed by atoms with van der Waals surface area (Å²) in [6.45, 7) is 3.79. The first-order chi connectivity index (χ1) is 13.4. The molecule has 1 fully saturated rings. The molecule has 0 unspecified atom stereocenters. The van der Waals surface area contributed by atoms with Crippen LogP contribution in [0.5, 0.6) is 11.5 Å². The molecule has 8 nitrogen and oxygen atoms in total. The van der Waals surface area contributed by atoms with Crippen molar-refractivity contribution in [3.8, 4) is 11.5 Å². The molecular weight excluding hydrogens is 362 g/mol. The lowest BCUT2D eigenvalue weighted by molar-refractivity contribution is -0.122. The van der Waals surface area contributed by atoms with E-state index in [1.54, 1.807) is 30.3 Å². The van der Waals surface area contributed by atoms with Gasteiger partial charge in [0, 0.05) is 6.20 Å². The van der Waals surface area contributed by atoms with E-state index in [4.69, 9.17) is 9.47 Å². The minimum Gasteiger partial charge on any atom is -0.493 e. The molecular formula is C20H19N3O5. The highest BCUT2D eigenvalue weighted by atomic mass is 16.5. The van der Waals surface area contributed by atoms with Gasteiger partial charge in [0.1, 0.15) is 5.57 Å². The van der Waals surface area contributed by atoms with Crippen molar-refractivity contribution in [1.82, 2.24) is 10.3 Å². The molecule has 1 aromatic carbocycles. The fourth-order valence-corrected chi connectivity index (χ4v) is 2.67. The molecule has 1 aliphatic heterocycles. The van der Waals surface area contributed by atoms with E-state index in [9.17, 15) is 14.4 Å². The molecule has 1 saturated heterocycles. The number of methoxy groups -OCH3 is 1. The van der Waals surface area contributed by atoms with Crippen molar-refractivity contribution in [2.45, 2.75) is 20.0 Å². The van der Waals surface area contributed by atoms with Gasteiger partial charge >= 0.3 is 6.03 Å². The standard InChI is InChI=1S/C20H19N3O5/c1-12(2)28-16-7-6-13(10-17(16)27-3)9-15-18(24)22-20(26)23(19(15)25)14-5-4-8-21-11-14/h4-12H,1-3H3,(H,22,24,26)/b15-9+. The molecule has 144 valence electrons. The Morgan fingerprint density at radius 2 is 1.93 bits per heavy atom. The summed E-state index contributed by atoms with van der Waals surface area (Å²) in [7, 11) is 1.50. The van der Waals surface area contributed by atoms with E-state index in [0.717, 1.165) is 4.90 Å². The number of rotatable bonds is 5. The molecule has 2 heterocycles. The number of nitrogens with one attached hydrogen (secondary N) is 1. The zero-order valence-corrected chi connectivity index (χ0v) is 15.6. The molecule has 1 N–H and O–H groups in total. The lowest BCUT2D eigenvalue weighted by Gasteiger charge is -2.26. The molecule has 0 radical (unpaired) electrons. The zero-order chi connectivity index (χ0) is 20.3. The van der Waals surface area contributed by atoms with E-state index in [-0.39, 0.29) is 17.4 Å². The van der Waals surface area contributed by atoms with Crippen molar-refractivity contribution < 1.29 is 23.9 Å². The van der Waals surface area contributed by atoms with Gasteiger partial charge in [0.2, 0.25) is 0 Å². The third-order valence-corrected chi connectivity index (χ3v) is 3.87. The van der Waals surface area contributed by atoms with Crippen LogP contribution in [0.4, 0.5) is 10.5 Å². The van der Waals surface area contributed by atoms with Gasteiger partial charge in [-0.3, -0.25) is 19.9 Å². The first-order valence-corrected chi connectivity index (χ1v) is 8.57. The number of carbonyl (C=O) groups excluding carboxylic acids is 3. The number of hydrogen-bond donors (Lipinski definition) is 1. The lowest BCUT2D eigenvalue weighted by Crippen LogP contribution is -2.54. The molecule has 3 rings (SSSR count). The Morgan fingerprint density at radius 3 is 2.57 bits per heavy atom. The molecule has 1 aromatic heterocycles. The van der Waals surface area contributed by atoms with Gasteiger partial charge in [0.05, 0.1) is 25.1 Å². The predicted octanol–water partition coefficient (Wildman–Crippen LogP) is 2.54. The number of hydrogen-bond acceptors (Lipinski definition) is 6. The number of pyridine rings is 1. The maximum Gasteiger partial charge on any atom is 0.336 e. The molecule has 2 aromatic rings. The van der Waals surface area contributed by atoms with Crippen molar-refractivity contribution in [1.29, 1.82) is 0 Å². The second-order valence-corrected chi connectivity index (χ2v) is 6.25. The molecule has 4 amide bonds. The lowest BCUT2D eigenvalue weighted by atomic mass is 10.1. The van der Waals surface area contributed by atoms with Crippen LogP contribution in [-0.2, 0) is 9.59 Å². The van der Waals surface area contributed by atoms with Gasteiger partial charge in [-0.05, 0) is 49.8 Å². The Hall–Kier alpha value is -3.68. The average molecular weight is 381 g/mol. The summed E-state index contributed by atoms with van der Waals surface area (Å²) < 4.78 is 11.0. The number of anilines is 1. The van der Waals surface area contributed by atoms with Crippen molar-refractivity contribution in [3.05, 3.63) is 53.9 Å². The Balaban J connectivity index is 1.97. The Bertz CT molecular complexity index is 954. The average Bonchev–Trinajstić information content (AvgIpc) is 2.66. The molecule has 28 heavy (non-hydrogen) atoms. The molecule has 1 aliphatic rings. The van der Waals surface area contributed by atoms with E-state index in [1.165, 1.54) is 25.6 Å². The van der Waals surface area contributed by atoms with Crippen LogP contribution in [0.15, 0.2) is 48.3 Å². The van der Waals surface area contributed by atoms with Gasteiger partial charge in [-0.15, -0.1) is 0 Å². The highest BCUT2D eigenvalue weighted by Crippen LogP contribution is 2.30. The van der Waals surface area contributed by atoms with Crippen molar-refractivity contribution in [2.75, 3.05) is 12.0 Å². The number of ether oxygens (including phenoxy) is 2. The second-order valence-electron chi connectivity index (χ2n) is 6.25. The summed E-state index contributed by atoms with van der Waals surface area (Å²) in [4.78, 5) is 42.0. The fourth-order valence-electron chi connectivity index (χ4n) is 2.67. The van der Waals surface area contributed by atoms with Gasteiger partial charge in [0.15, 0.2) is 11.5 Å². The number of barbiturate groups is 1. The Kier molecular flexibility index (Phi) is 5.39. The van der Waals surface area contributed by atoms with Crippen LogP contribution in [0.2, 0.25) is 0 Å². The maximum absolute atomic E-state index is 12.8. The van der Waals surface area contributed by atoms with E-state index in [2.05, 4.69) is 10.3 Å². The summed E-state index contributed by atoms with van der Waals surface area (Å²) in [5, 5.41) is 2.17. The maximum atomic E-state index is 12.8. The topological polar surface area (TPSA) is 97.8 Å². The molecule has 0 saturated carbocycles. The van der Waals surface area contributed by atoms with E-state index in [0.29, 0.717) is 17.1 Å². The van der Waals surface area contributed by atoms with E-state index < -0.39 is 17.8 Å². The number of nitrogens with zero attached hydrogens (tertiary/aromatic N) is 2. The van der Waals surface area contributed by atoms with Crippen molar-refractivity contribution >= 4 is 29.6 Å². The summed E-state index contributed by atoms with van der Waals surface area (Å²) in [5.41, 5.74) is 0.636. The number of benzene rings is 1. The van der Waals surface area contributed by atoms with Gasteiger partial charge in [-0.1, -0.05) is 6.07 Å². The quantitative estimate of drug-likeness (QED) is 0.631. The fraction of sp³-hybridized carbons (Fsp3) is 0.200. The number of amides is 4. The minimum absolute atomic E-state index is 0.0390. The number of urea groups is 1. The van der Waals surface area contributed by atoms with Crippen LogP contribution in [0.25, 0.3) is 6.08 Å². The van der Waals surface area contributed by atoms with Gasteiger partial charge in [0.25, 0.3) is 11.8 Å². The molecule has 0 atom stereocenters. The summed E-state index contributed by atoms with van der Waals surface area (Å²) >= 11 is 0. The first-order valence-electron chi connectivity index (χ1n) is 8.57. The van der Waals surface area contributed by atoms with Crippen LogP contribution >= 0.6 is 0 Å². The minimum atomic E-state index is -0.821. The van der Waals surface area contributed by atoms with Crippen molar-refractivity contribution in [3.63, 3.8) is 0 Å². The third kappa shape index (κ3) is 3.85. The monoisotopic (exact) mass is 381 g/mol. The number of carbonyl (C=O) groups is 3. The van der Waals surface area contributed by atoms with Crippen LogP contribution < -0.4 is 19.7 Å². The highest BCUT2D eigenvalue weighted by Gasteiger charge is 2.36. The van der Waals surface area contributed by atoms with Crippen LogP contribution in [0, 0.1) is 0 Å². The number of imide groups is 2. The summed E-state index contributed by atoms with van der Waals surface area (Å²) in [6.07, 6.45) is 4.24. The zero-order valence-electron chi connectivity index (χ0n) is 15.6. The van der Waals surface area contributed by atoms with Crippen LogP contribution in [0.3, 0.4) is 0 Å². The number of aromatic nitrogens is 1. The highest BCUT2D eigenvalue weighted by molar-refractivity contribution is 6.39. The third-order valence-electron chi connectivity index (χ3n) is 3.87. The van der Waals surface area contributed by atoms with Crippen LogP contribution in [0.1, 0.15) is 19.4 Å². The van der Waals surface area contributed by atoms with Gasteiger partial charge in [-0.2, -0.15) is 0 Å². The van der Waals surface area contributed by atoms with Crippen molar-refractivity contribution in [2.24, 2.45) is 0 Å². The Labute approximate surface area is 161 Å². The second kappa shape index (κ2) is 7.91. The largest absolute Gasteiger partial charge is 0.493 e. The smallest absolute Gasteiger partial charge is 0.336 e. The molecule has 0 bridgehead atoms. The molecule has 0 spiro atoms. The van der Waals surface area contributed by atoms with Gasteiger partial charge in [-0.25, -0.2) is 9.69 Å². The van der Waals surface area contributed by atoms with Gasteiger partial charge < -0.3 is 9.47 Å².